The second-order valence-electron chi connectivity index (χ2n) is 5.31. The van der Waals surface area contributed by atoms with Crippen LogP contribution in [0.2, 0.25) is 0 Å². The summed E-state index contributed by atoms with van der Waals surface area (Å²) in [5, 5.41) is 10.3. The number of rotatable bonds is 2. The summed E-state index contributed by atoms with van der Waals surface area (Å²) in [5.41, 5.74) is -0.401. The Kier molecular flexibility index (Phi) is 3.39. The summed E-state index contributed by atoms with van der Waals surface area (Å²) in [4.78, 5) is 0. The molecule has 0 bridgehead atoms. The molecular formula is C12H24O. The van der Waals surface area contributed by atoms with Gasteiger partial charge in [0.25, 0.3) is 0 Å². The monoisotopic (exact) mass is 184 g/mol. The van der Waals surface area contributed by atoms with Crippen molar-refractivity contribution in [2.75, 3.05) is 0 Å². The molecule has 0 amide bonds. The second-order valence-corrected chi connectivity index (χ2v) is 5.31. The molecule has 1 heteroatoms. The van der Waals surface area contributed by atoms with Gasteiger partial charge in [-0.25, -0.2) is 0 Å². The minimum absolute atomic E-state index is 0.401. The summed E-state index contributed by atoms with van der Waals surface area (Å²) in [6, 6.07) is 0. The highest BCUT2D eigenvalue weighted by atomic mass is 16.3. The second kappa shape index (κ2) is 4.00. The minimum Gasteiger partial charge on any atom is -0.390 e. The lowest BCUT2D eigenvalue weighted by Gasteiger charge is -2.42. The number of aliphatic hydroxyl groups is 1. The summed E-state index contributed by atoms with van der Waals surface area (Å²) >= 11 is 0. The van der Waals surface area contributed by atoms with Crippen LogP contribution < -0.4 is 0 Å². The average molecular weight is 184 g/mol. The van der Waals surface area contributed by atoms with Gasteiger partial charge in [0.1, 0.15) is 0 Å². The van der Waals surface area contributed by atoms with Crippen LogP contribution in [0.1, 0.15) is 53.4 Å². The molecule has 0 aliphatic heterocycles. The first-order chi connectivity index (χ1) is 5.95. The van der Waals surface area contributed by atoms with Gasteiger partial charge in [-0.15, -0.1) is 0 Å². The summed E-state index contributed by atoms with van der Waals surface area (Å²) in [6.45, 7) is 8.83. The van der Waals surface area contributed by atoms with Crippen molar-refractivity contribution in [3.63, 3.8) is 0 Å². The smallest absolute Gasteiger partial charge is 0.0650 e. The summed E-state index contributed by atoms with van der Waals surface area (Å²) in [5.74, 6) is 1.85. The zero-order chi connectivity index (χ0) is 10.1. The fraction of sp³-hybridized carbons (Fsp3) is 1.00. The van der Waals surface area contributed by atoms with Gasteiger partial charge in [-0.3, -0.25) is 0 Å². The Bertz CT molecular complexity index is 161. The van der Waals surface area contributed by atoms with Gasteiger partial charge >= 0.3 is 0 Å². The predicted molar refractivity (Wildman–Crippen MR) is 56.6 cm³/mol. The molecule has 0 radical (unpaired) electrons. The van der Waals surface area contributed by atoms with Gasteiger partial charge in [-0.05, 0) is 37.5 Å². The van der Waals surface area contributed by atoms with Crippen LogP contribution in [0.3, 0.4) is 0 Å². The third kappa shape index (κ3) is 2.46. The van der Waals surface area contributed by atoms with E-state index in [2.05, 4.69) is 20.8 Å². The van der Waals surface area contributed by atoms with E-state index in [1.54, 1.807) is 0 Å². The van der Waals surface area contributed by atoms with E-state index in [0.29, 0.717) is 17.8 Å². The summed E-state index contributed by atoms with van der Waals surface area (Å²) in [6.07, 6.45) is 4.72. The van der Waals surface area contributed by atoms with Crippen LogP contribution in [-0.2, 0) is 0 Å². The van der Waals surface area contributed by atoms with E-state index in [-0.39, 0.29) is 0 Å². The highest BCUT2D eigenvalue weighted by Crippen LogP contribution is 2.40. The molecule has 0 saturated heterocycles. The van der Waals surface area contributed by atoms with Crippen molar-refractivity contribution in [2.24, 2.45) is 17.8 Å². The van der Waals surface area contributed by atoms with Crippen LogP contribution in [0.25, 0.3) is 0 Å². The van der Waals surface area contributed by atoms with Gasteiger partial charge < -0.3 is 5.11 Å². The normalized spacial score (nSPS) is 37.8. The standard InChI is InChI=1S/C12H24O/c1-9(2)10(3)11-7-5-6-8-12(11,4)13/h9-11,13H,5-8H2,1-4H3. The number of hydrogen-bond acceptors (Lipinski definition) is 1. The van der Waals surface area contributed by atoms with Gasteiger partial charge in [-0.1, -0.05) is 33.6 Å². The molecular weight excluding hydrogens is 160 g/mol. The minimum atomic E-state index is -0.401. The Balaban J connectivity index is 2.65. The molecule has 1 fully saturated rings. The van der Waals surface area contributed by atoms with E-state index in [0.717, 1.165) is 6.42 Å². The van der Waals surface area contributed by atoms with Crippen LogP contribution in [0, 0.1) is 17.8 Å². The zero-order valence-corrected chi connectivity index (χ0v) is 9.51. The topological polar surface area (TPSA) is 20.2 Å². The van der Waals surface area contributed by atoms with Gasteiger partial charge in [0.05, 0.1) is 5.60 Å². The lowest BCUT2D eigenvalue weighted by Crippen LogP contribution is -2.42. The third-order valence-corrected chi connectivity index (χ3v) is 3.93. The molecule has 0 heterocycles. The Labute approximate surface area is 82.5 Å². The van der Waals surface area contributed by atoms with Crippen molar-refractivity contribution >= 4 is 0 Å². The molecule has 0 aromatic heterocycles. The van der Waals surface area contributed by atoms with E-state index in [9.17, 15) is 5.11 Å². The third-order valence-electron chi connectivity index (χ3n) is 3.93. The zero-order valence-electron chi connectivity index (χ0n) is 9.51. The maximum Gasteiger partial charge on any atom is 0.0650 e. The van der Waals surface area contributed by atoms with Crippen molar-refractivity contribution in [3.8, 4) is 0 Å². The largest absolute Gasteiger partial charge is 0.390 e. The van der Waals surface area contributed by atoms with Crippen LogP contribution in [0.15, 0.2) is 0 Å². The van der Waals surface area contributed by atoms with E-state index < -0.39 is 5.60 Å². The van der Waals surface area contributed by atoms with E-state index >= 15 is 0 Å². The molecule has 1 rings (SSSR count). The van der Waals surface area contributed by atoms with E-state index in [4.69, 9.17) is 0 Å². The molecule has 0 spiro atoms. The van der Waals surface area contributed by atoms with E-state index in [1.165, 1.54) is 19.3 Å². The molecule has 1 N–H and O–H groups in total. The van der Waals surface area contributed by atoms with Crippen LogP contribution in [-0.4, -0.2) is 10.7 Å². The first-order valence-corrected chi connectivity index (χ1v) is 5.67. The number of hydrogen-bond donors (Lipinski definition) is 1. The maximum atomic E-state index is 10.3. The first-order valence-electron chi connectivity index (χ1n) is 5.67. The van der Waals surface area contributed by atoms with Crippen molar-refractivity contribution in [1.29, 1.82) is 0 Å². The SMILES string of the molecule is CC(C)C(C)C1CCCCC1(C)O. The molecule has 3 atom stereocenters. The predicted octanol–water partition coefficient (Wildman–Crippen LogP) is 3.22. The van der Waals surface area contributed by atoms with Crippen molar-refractivity contribution in [1.82, 2.24) is 0 Å². The molecule has 0 aromatic carbocycles. The molecule has 3 unspecified atom stereocenters. The Hall–Kier alpha value is -0.0400. The Morgan fingerprint density at radius 3 is 2.31 bits per heavy atom. The summed E-state index contributed by atoms with van der Waals surface area (Å²) < 4.78 is 0. The Morgan fingerprint density at radius 1 is 1.23 bits per heavy atom. The Morgan fingerprint density at radius 2 is 1.85 bits per heavy atom. The van der Waals surface area contributed by atoms with Crippen LogP contribution >= 0.6 is 0 Å². The molecule has 13 heavy (non-hydrogen) atoms. The summed E-state index contributed by atoms with van der Waals surface area (Å²) in [7, 11) is 0. The molecule has 1 saturated carbocycles. The first kappa shape index (κ1) is 11.0. The van der Waals surface area contributed by atoms with Gasteiger partial charge in [-0.2, -0.15) is 0 Å². The van der Waals surface area contributed by atoms with Crippen molar-refractivity contribution in [2.45, 2.75) is 59.0 Å². The lowest BCUT2D eigenvalue weighted by atomic mass is 9.68. The average Bonchev–Trinajstić information content (AvgIpc) is 2.02. The van der Waals surface area contributed by atoms with Gasteiger partial charge in [0.2, 0.25) is 0 Å². The highest BCUT2D eigenvalue weighted by Gasteiger charge is 2.38. The lowest BCUT2D eigenvalue weighted by molar-refractivity contribution is -0.0609. The van der Waals surface area contributed by atoms with Crippen LogP contribution in [0.4, 0.5) is 0 Å². The van der Waals surface area contributed by atoms with Crippen molar-refractivity contribution < 1.29 is 5.11 Å². The fourth-order valence-corrected chi connectivity index (χ4v) is 2.64. The quantitative estimate of drug-likeness (QED) is 0.698. The van der Waals surface area contributed by atoms with Crippen LogP contribution in [0.5, 0.6) is 0 Å². The highest BCUT2D eigenvalue weighted by molar-refractivity contribution is 4.89. The van der Waals surface area contributed by atoms with Gasteiger partial charge in [0, 0.05) is 0 Å². The maximum absolute atomic E-state index is 10.3. The molecule has 1 nitrogen and oxygen atoms in total. The van der Waals surface area contributed by atoms with Gasteiger partial charge in [0.15, 0.2) is 0 Å². The van der Waals surface area contributed by atoms with Crippen molar-refractivity contribution in [3.05, 3.63) is 0 Å². The molecule has 78 valence electrons. The fourth-order valence-electron chi connectivity index (χ4n) is 2.64. The van der Waals surface area contributed by atoms with E-state index in [1.807, 2.05) is 6.92 Å². The molecule has 0 aromatic rings. The molecule has 1 aliphatic carbocycles. The molecule has 1 aliphatic rings.